The van der Waals surface area contributed by atoms with E-state index in [0.29, 0.717) is 16.7 Å². The van der Waals surface area contributed by atoms with Gasteiger partial charge in [0.2, 0.25) is 0 Å². The van der Waals surface area contributed by atoms with E-state index in [9.17, 15) is 4.79 Å². The SMILES string of the molecule is Cc1ccc2c(=O)cc(-c3ccoc3)oc2c1. The van der Waals surface area contributed by atoms with E-state index in [1.54, 1.807) is 24.7 Å². The Labute approximate surface area is 97.3 Å². The van der Waals surface area contributed by atoms with Crippen molar-refractivity contribution in [2.45, 2.75) is 6.92 Å². The lowest BCUT2D eigenvalue weighted by atomic mass is 10.1. The van der Waals surface area contributed by atoms with Crippen LogP contribution in [-0.4, -0.2) is 0 Å². The number of aryl methyl sites for hydroxylation is 1. The van der Waals surface area contributed by atoms with Gasteiger partial charge in [-0.2, -0.15) is 0 Å². The Morgan fingerprint density at radius 2 is 2.00 bits per heavy atom. The van der Waals surface area contributed by atoms with Crippen molar-refractivity contribution in [3.63, 3.8) is 0 Å². The van der Waals surface area contributed by atoms with Crippen LogP contribution in [0.25, 0.3) is 22.3 Å². The minimum absolute atomic E-state index is 0.0394. The highest BCUT2D eigenvalue weighted by Gasteiger charge is 2.07. The summed E-state index contributed by atoms with van der Waals surface area (Å²) in [7, 11) is 0. The lowest BCUT2D eigenvalue weighted by molar-refractivity contribution is 0.564. The third kappa shape index (κ3) is 1.65. The van der Waals surface area contributed by atoms with Crippen LogP contribution < -0.4 is 5.43 Å². The van der Waals surface area contributed by atoms with Gasteiger partial charge in [-0.3, -0.25) is 4.79 Å². The minimum atomic E-state index is -0.0394. The maximum absolute atomic E-state index is 11.9. The van der Waals surface area contributed by atoms with E-state index in [4.69, 9.17) is 8.83 Å². The van der Waals surface area contributed by atoms with Crippen LogP contribution in [0.5, 0.6) is 0 Å². The third-order valence-electron chi connectivity index (χ3n) is 2.69. The Balaban J connectivity index is 2.33. The summed E-state index contributed by atoms with van der Waals surface area (Å²) >= 11 is 0. The van der Waals surface area contributed by atoms with Gasteiger partial charge in [-0.15, -0.1) is 0 Å². The second-order valence-corrected chi connectivity index (χ2v) is 3.99. The minimum Gasteiger partial charge on any atom is -0.472 e. The molecule has 17 heavy (non-hydrogen) atoms. The van der Waals surface area contributed by atoms with Crippen molar-refractivity contribution in [3.05, 3.63) is 58.6 Å². The van der Waals surface area contributed by atoms with Crippen molar-refractivity contribution < 1.29 is 8.83 Å². The molecule has 0 spiro atoms. The fourth-order valence-electron chi connectivity index (χ4n) is 1.81. The first-order valence-electron chi connectivity index (χ1n) is 5.31. The summed E-state index contributed by atoms with van der Waals surface area (Å²) in [5.41, 5.74) is 2.40. The first-order chi connectivity index (χ1) is 8.24. The largest absolute Gasteiger partial charge is 0.472 e. The molecule has 0 amide bonds. The Bertz CT molecular complexity index is 721. The maximum Gasteiger partial charge on any atom is 0.193 e. The summed E-state index contributed by atoms with van der Waals surface area (Å²) in [5, 5.41) is 0.600. The molecule has 3 nitrogen and oxygen atoms in total. The third-order valence-corrected chi connectivity index (χ3v) is 2.69. The van der Waals surface area contributed by atoms with Gasteiger partial charge in [-0.1, -0.05) is 6.07 Å². The molecule has 3 rings (SSSR count). The molecule has 0 aliphatic rings. The molecule has 84 valence electrons. The van der Waals surface area contributed by atoms with Crippen LogP contribution in [0.3, 0.4) is 0 Å². The summed E-state index contributed by atoms with van der Waals surface area (Å²) < 4.78 is 10.7. The number of benzene rings is 1. The zero-order valence-electron chi connectivity index (χ0n) is 9.27. The van der Waals surface area contributed by atoms with Gasteiger partial charge >= 0.3 is 0 Å². The Morgan fingerprint density at radius 3 is 2.76 bits per heavy atom. The van der Waals surface area contributed by atoms with Crippen molar-refractivity contribution in [1.29, 1.82) is 0 Å². The molecule has 0 aliphatic carbocycles. The predicted octanol–water partition coefficient (Wildman–Crippen LogP) is 3.36. The molecular weight excluding hydrogens is 216 g/mol. The first-order valence-corrected chi connectivity index (χ1v) is 5.31. The zero-order chi connectivity index (χ0) is 11.8. The van der Waals surface area contributed by atoms with Gasteiger partial charge in [0.25, 0.3) is 0 Å². The number of hydrogen-bond donors (Lipinski definition) is 0. The van der Waals surface area contributed by atoms with E-state index in [1.165, 1.54) is 6.07 Å². The van der Waals surface area contributed by atoms with E-state index >= 15 is 0 Å². The average molecular weight is 226 g/mol. The van der Waals surface area contributed by atoms with Crippen molar-refractivity contribution >= 4 is 11.0 Å². The fraction of sp³-hybridized carbons (Fsp3) is 0.0714. The average Bonchev–Trinajstić information content (AvgIpc) is 2.81. The standard InChI is InChI=1S/C14H10O3/c1-9-2-3-11-12(15)7-13(17-14(11)6-9)10-4-5-16-8-10/h2-8H,1H3. The second kappa shape index (κ2) is 3.63. The summed E-state index contributed by atoms with van der Waals surface area (Å²) in [6.45, 7) is 1.96. The molecule has 1 aromatic carbocycles. The Morgan fingerprint density at radius 1 is 1.12 bits per heavy atom. The van der Waals surface area contributed by atoms with Crippen LogP contribution in [0.4, 0.5) is 0 Å². The van der Waals surface area contributed by atoms with Crippen LogP contribution in [0.2, 0.25) is 0 Å². The van der Waals surface area contributed by atoms with Crippen LogP contribution in [0.1, 0.15) is 5.56 Å². The van der Waals surface area contributed by atoms with Gasteiger partial charge in [-0.25, -0.2) is 0 Å². The van der Waals surface area contributed by atoms with Gasteiger partial charge < -0.3 is 8.83 Å². The molecule has 0 aliphatic heterocycles. The lowest BCUT2D eigenvalue weighted by Gasteiger charge is -2.01. The van der Waals surface area contributed by atoms with Gasteiger partial charge in [0.1, 0.15) is 17.6 Å². The fourth-order valence-corrected chi connectivity index (χ4v) is 1.81. The van der Waals surface area contributed by atoms with Gasteiger partial charge in [0, 0.05) is 6.07 Å². The highest BCUT2D eigenvalue weighted by atomic mass is 16.3. The molecule has 3 heteroatoms. The molecule has 0 saturated carbocycles. The Kier molecular flexibility index (Phi) is 2.11. The molecular formula is C14H10O3. The molecule has 0 bridgehead atoms. The van der Waals surface area contributed by atoms with Crippen LogP contribution >= 0.6 is 0 Å². The van der Waals surface area contributed by atoms with Crippen LogP contribution in [0.15, 0.2) is 56.5 Å². The number of hydrogen-bond acceptors (Lipinski definition) is 3. The van der Waals surface area contributed by atoms with E-state index in [-0.39, 0.29) is 5.43 Å². The zero-order valence-corrected chi connectivity index (χ0v) is 9.27. The lowest BCUT2D eigenvalue weighted by Crippen LogP contribution is -2.00. The molecule has 0 fully saturated rings. The van der Waals surface area contributed by atoms with Crippen molar-refractivity contribution in [2.75, 3.05) is 0 Å². The van der Waals surface area contributed by atoms with E-state index < -0.39 is 0 Å². The smallest absolute Gasteiger partial charge is 0.193 e. The topological polar surface area (TPSA) is 43.4 Å². The molecule has 0 N–H and O–H groups in total. The summed E-state index contributed by atoms with van der Waals surface area (Å²) in [6.07, 6.45) is 3.11. The quantitative estimate of drug-likeness (QED) is 0.639. The second-order valence-electron chi connectivity index (χ2n) is 3.99. The summed E-state index contributed by atoms with van der Waals surface area (Å²) in [4.78, 5) is 11.9. The predicted molar refractivity (Wildman–Crippen MR) is 64.9 cm³/mol. The number of rotatable bonds is 1. The molecule has 3 aromatic rings. The van der Waals surface area contributed by atoms with Gasteiger partial charge in [0.15, 0.2) is 5.43 Å². The van der Waals surface area contributed by atoms with Gasteiger partial charge in [-0.05, 0) is 30.7 Å². The molecule has 2 heterocycles. The summed E-state index contributed by atoms with van der Waals surface area (Å²) in [5.74, 6) is 0.529. The maximum atomic E-state index is 11.9. The number of furan rings is 1. The van der Waals surface area contributed by atoms with E-state index in [1.807, 2.05) is 19.1 Å². The first kappa shape index (κ1) is 9.90. The van der Waals surface area contributed by atoms with Crippen LogP contribution in [-0.2, 0) is 0 Å². The molecule has 0 saturated heterocycles. The van der Waals surface area contributed by atoms with Crippen molar-refractivity contribution in [1.82, 2.24) is 0 Å². The van der Waals surface area contributed by atoms with Crippen molar-refractivity contribution in [2.24, 2.45) is 0 Å². The number of fused-ring (bicyclic) bond motifs is 1. The molecule has 2 aromatic heterocycles. The van der Waals surface area contributed by atoms with Gasteiger partial charge in [0.05, 0.1) is 17.2 Å². The normalized spacial score (nSPS) is 10.9. The molecule has 0 radical (unpaired) electrons. The van der Waals surface area contributed by atoms with E-state index in [2.05, 4.69) is 0 Å². The molecule has 0 unspecified atom stereocenters. The molecule has 0 atom stereocenters. The monoisotopic (exact) mass is 226 g/mol. The summed E-state index contributed by atoms with van der Waals surface area (Å²) in [6, 6.07) is 8.80. The highest BCUT2D eigenvalue weighted by Crippen LogP contribution is 2.22. The Hall–Kier alpha value is -2.29. The van der Waals surface area contributed by atoms with Crippen molar-refractivity contribution in [3.8, 4) is 11.3 Å². The van der Waals surface area contributed by atoms with Crippen LogP contribution in [0, 0.1) is 6.92 Å². The highest BCUT2D eigenvalue weighted by molar-refractivity contribution is 5.79. The van der Waals surface area contributed by atoms with E-state index in [0.717, 1.165) is 11.1 Å².